The molecule has 1 aliphatic rings. The average molecular weight is 298 g/mol. The Hall–Kier alpha value is -0.320. The van der Waals surface area contributed by atoms with Gasteiger partial charge in [-0.25, -0.2) is 0 Å². The molecule has 0 unspecified atom stereocenters. The third-order valence-corrected chi connectivity index (χ3v) is 2.23. The van der Waals surface area contributed by atoms with Gasteiger partial charge >= 0.3 is 0 Å². The summed E-state index contributed by atoms with van der Waals surface area (Å²) in [6.07, 6.45) is 0. The van der Waals surface area contributed by atoms with E-state index in [1.54, 1.807) is 0 Å². The van der Waals surface area contributed by atoms with E-state index in [9.17, 15) is 0 Å². The quantitative estimate of drug-likeness (QED) is 0.659. The summed E-state index contributed by atoms with van der Waals surface area (Å²) >= 11 is 0. The van der Waals surface area contributed by atoms with Gasteiger partial charge in [-0.2, -0.15) is 0 Å². The van der Waals surface area contributed by atoms with Crippen LogP contribution in [-0.2, 0) is 28.4 Å². The fraction of sp³-hybridized carbons (Fsp3) is 1.00. The first-order valence-corrected chi connectivity index (χ1v) is 6.46. The van der Waals surface area contributed by atoms with Gasteiger partial charge in [0.2, 0.25) is 0 Å². The third-order valence-electron chi connectivity index (χ3n) is 2.23. The molecule has 8 nitrogen and oxygen atoms in total. The van der Waals surface area contributed by atoms with Crippen molar-refractivity contribution in [2.24, 2.45) is 0 Å². The SMILES string of the molecule is C1COCCOCCOCCOCCOCCO1.N.N. The smallest absolute Gasteiger partial charge is 0.0701 e. The molecule has 20 heavy (non-hydrogen) atoms. The molecule has 0 atom stereocenters. The van der Waals surface area contributed by atoms with Crippen molar-refractivity contribution in [1.82, 2.24) is 12.3 Å². The lowest BCUT2D eigenvalue weighted by molar-refractivity contribution is -0.0334. The maximum absolute atomic E-state index is 5.33. The van der Waals surface area contributed by atoms with E-state index in [1.165, 1.54) is 0 Å². The van der Waals surface area contributed by atoms with Crippen molar-refractivity contribution in [3.05, 3.63) is 0 Å². The zero-order chi connectivity index (χ0) is 12.7. The van der Waals surface area contributed by atoms with Gasteiger partial charge in [0.1, 0.15) is 0 Å². The fourth-order valence-electron chi connectivity index (χ4n) is 1.32. The Labute approximate surface area is 121 Å². The molecule has 0 saturated carbocycles. The Morgan fingerprint density at radius 3 is 0.450 bits per heavy atom. The summed E-state index contributed by atoms with van der Waals surface area (Å²) in [6.45, 7) is 7.04. The lowest BCUT2D eigenvalue weighted by atomic mass is 10.6. The highest BCUT2D eigenvalue weighted by molar-refractivity contribution is 4.38. The van der Waals surface area contributed by atoms with Gasteiger partial charge in [0, 0.05) is 0 Å². The standard InChI is InChI=1S/C12H24O6.2H3N/c1-2-14-5-6-16-9-10-18-12-11-17-8-7-15-4-3-13-1;;/h1-12H2;2*1H3. The molecule has 1 heterocycles. The van der Waals surface area contributed by atoms with Crippen molar-refractivity contribution in [2.75, 3.05) is 79.3 Å². The minimum atomic E-state index is 0. The molecule has 0 bridgehead atoms. The van der Waals surface area contributed by atoms with Gasteiger partial charge in [-0.05, 0) is 0 Å². The van der Waals surface area contributed by atoms with Gasteiger partial charge in [-0.15, -0.1) is 0 Å². The van der Waals surface area contributed by atoms with Gasteiger partial charge in [-0.1, -0.05) is 0 Å². The van der Waals surface area contributed by atoms with Crippen molar-refractivity contribution >= 4 is 0 Å². The predicted molar refractivity (Wildman–Crippen MR) is 75.0 cm³/mol. The largest absolute Gasteiger partial charge is 0.377 e. The van der Waals surface area contributed by atoms with Crippen LogP contribution in [0, 0.1) is 0 Å². The molecule has 0 aromatic rings. The van der Waals surface area contributed by atoms with Crippen LogP contribution in [0.5, 0.6) is 0 Å². The average Bonchev–Trinajstić information content (AvgIpc) is 2.39. The monoisotopic (exact) mass is 298 g/mol. The highest BCUT2D eigenvalue weighted by Crippen LogP contribution is 1.86. The molecule has 0 aromatic carbocycles. The van der Waals surface area contributed by atoms with E-state index in [1.807, 2.05) is 0 Å². The molecule has 1 fully saturated rings. The first-order valence-electron chi connectivity index (χ1n) is 6.46. The fourth-order valence-corrected chi connectivity index (χ4v) is 1.32. The van der Waals surface area contributed by atoms with Gasteiger partial charge in [-0.3, -0.25) is 0 Å². The molecular formula is C12H30N2O6. The lowest BCUT2D eigenvalue weighted by Gasteiger charge is -2.09. The minimum absolute atomic E-state index is 0. The molecule has 0 spiro atoms. The van der Waals surface area contributed by atoms with Crippen LogP contribution in [-0.4, -0.2) is 79.3 Å². The van der Waals surface area contributed by atoms with Crippen molar-refractivity contribution in [3.8, 4) is 0 Å². The van der Waals surface area contributed by atoms with Crippen LogP contribution < -0.4 is 12.3 Å². The summed E-state index contributed by atoms with van der Waals surface area (Å²) in [5.41, 5.74) is 0. The summed E-state index contributed by atoms with van der Waals surface area (Å²) in [5, 5.41) is 0. The molecule has 1 saturated heterocycles. The third kappa shape index (κ3) is 15.7. The van der Waals surface area contributed by atoms with Gasteiger partial charge in [0.05, 0.1) is 79.3 Å². The topological polar surface area (TPSA) is 125 Å². The Balaban J connectivity index is 0. The Morgan fingerprint density at radius 1 is 0.250 bits per heavy atom. The van der Waals surface area contributed by atoms with Crippen molar-refractivity contribution < 1.29 is 28.4 Å². The molecule has 1 rings (SSSR count). The van der Waals surface area contributed by atoms with E-state index in [-0.39, 0.29) is 12.3 Å². The minimum Gasteiger partial charge on any atom is -0.377 e. The van der Waals surface area contributed by atoms with Crippen molar-refractivity contribution in [3.63, 3.8) is 0 Å². The summed E-state index contributed by atoms with van der Waals surface area (Å²) in [5.74, 6) is 0. The van der Waals surface area contributed by atoms with E-state index in [0.717, 1.165) is 0 Å². The molecule has 0 radical (unpaired) electrons. The van der Waals surface area contributed by atoms with Crippen LogP contribution in [0.1, 0.15) is 0 Å². The van der Waals surface area contributed by atoms with Gasteiger partial charge in [0.15, 0.2) is 0 Å². The Bertz CT molecular complexity index is 101. The normalized spacial score (nSPS) is 21.6. The second-order valence-corrected chi connectivity index (χ2v) is 3.67. The molecule has 8 heteroatoms. The molecule has 6 N–H and O–H groups in total. The van der Waals surface area contributed by atoms with Crippen LogP contribution >= 0.6 is 0 Å². The Morgan fingerprint density at radius 2 is 0.350 bits per heavy atom. The van der Waals surface area contributed by atoms with Crippen LogP contribution in [0.3, 0.4) is 0 Å². The molecule has 1 aliphatic heterocycles. The molecule has 0 aliphatic carbocycles. The van der Waals surface area contributed by atoms with Crippen molar-refractivity contribution in [2.45, 2.75) is 0 Å². The van der Waals surface area contributed by atoms with Crippen LogP contribution in [0.15, 0.2) is 0 Å². The maximum atomic E-state index is 5.33. The van der Waals surface area contributed by atoms with Crippen molar-refractivity contribution in [1.29, 1.82) is 0 Å². The number of rotatable bonds is 0. The zero-order valence-electron chi connectivity index (χ0n) is 12.3. The molecule has 124 valence electrons. The Kier molecular flexibility index (Phi) is 20.5. The molecule has 0 amide bonds. The van der Waals surface area contributed by atoms with Crippen LogP contribution in [0.4, 0.5) is 0 Å². The first kappa shape index (κ1) is 22.0. The summed E-state index contributed by atoms with van der Waals surface area (Å²) < 4.78 is 32.0. The molecule has 0 aromatic heterocycles. The van der Waals surface area contributed by atoms with E-state index < -0.39 is 0 Å². The second kappa shape index (κ2) is 18.7. The van der Waals surface area contributed by atoms with Gasteiger partial charge < -0.3 is 40.7 Å². The molecular weight excluding hydrogens is 268 g/mol. The number of ether oxygens (including phenoxy) is 6. The van der Waals surface area contributed by atoms with E-state index >= 15 is 0 Å². The number of hydrogen-bond donors (Lipinski definition) is 2. The second-order valence-electron chi connectivity index (χ2n) is 3.67. The highest BCUT2D eigenvalue weighted by Gasteiger charge is 1.95. The first-order chi connectivity index (χ1) is 9.00. The predicted octanol–water partition coefficient (Wildman–Crippen LogP) is 0.424. The lowest BCUT2D eigenvalue weighted by Crippen LogP contribution is -2.16. The zero-order valence-corrected chi connectivity index (χ0v) is 12.3. The van der Waals surface area contributed by atoms with Gasteiger partial charge in [0.25, 0.3) is 0 Å². The summed E-state index contributed by atoms with van der Waals surface area (Å²) in [4.78, 5) is 0. The highest BCUT2D eigenvalue weighted by atomic mass is 16.6. The van der Waals surface area contributed by atoms with Crippen LogP contribution in [0.2, 0.25) is 0 Å². The van der Waals surface area contributed by atoms with E-state index in [0.29, 0.717) is 79.3 Å². The maximum Gasteiger partial charge on any atom is 0.0701 e. The summed E-state index contributed by atoms with van der Waals surface area (Å²) in [6, 6.07) is 0. The van der Waals surface area contributed by atoms with Crippen LogP contribution in [0.25, 0.3) is 0 Å². The summed E-state index contributed by atoms with van der Waals surface area (Å²) in [7, 11) is 0. The number of hydrogen-bond acceptors (Lipinski definition) is 8. The van der Waals surface area contributed by atoms with E-state index in [2.05, 4.69) is 0 Å². The van der Waals surface area contributed by atoms with E-state index in [4.69, 9.17) is 28.4 Å².